The van der Waals surface area contributed by atoms with Gasteiger partial charge in [0.1, 0.15) is 5.82 Å². The number of nitrogens with zero attached hydrogens (tertiary/aromatic N) is 6. The molecule has 240 valence electrons. The van der Waals surface area contributed by atoms with E-state index in [2.05, 4.69) is 25.5 Å². The highest BCUT2D eigenvalue weighted by atomic mass is 19.4. The molecule has 2 heterocycles. The molecular weight excluding hydrogens is 597 g/mol. The molecule has 46 heavy (non-hydrogen) atoms. The summed E-state index contributed by atoms with van der Waals surface area (Å²) in [6.45, 7) is 2.78. The van der Waals surface area contributed by atoms with Crippen LogP contribution in [-0.2, 0) is 19.3 Å². The van der Waals surface area contributed by atoms with E-state index in [1.54, 1.807) is 50.4 Å². The van der Waals surface area contributed by atoms with Gasteiger partial charge in [-0.3, -0.25) is 14.6 Å². The number of nitrogens with one attached hydrogen (secondary N) is 2. The molecule has 5 rings (SSSR count). The first kappa shape index (κ1) is 32.2. The minimum atomic E-state index is -4.62. The van der Waals surface area contributed by atoms with Crippen LogP contribution in [0.15, 0.2) is 66.9 Å². The second kappa shape index (κ2) is 12.7. The summed E-state index contributed by atoms with van der Waals surface area (Å²) in [5.74, 6) is 0.102. The third-order valence-corrected chi connectivity index (χ3v) is 7.47. The Morgan fingerprint density at radius 2 is 1.76 bits per heavy atom. The van der Waals surface area contributed by atoms with E-state index >= 15 is 0 Å². The van der Waals surface area contributed by atoms with Gasteiger partial charge in [0, 0.05) is 62.1 Å². The average Bonchev–Trinajstić information content (AvgIpc) is 2.99. The Morgan fingerprint density at radius 3 is 2.46 bits per heavy atom. The molecule has 0 bridgehead atoms. The van der Waals surface area contributed by atoms with E-state index in [-0.39, 0.29) is 23.8 Å². The number of halogens is 3. The third-order valence-electron chi connectivity index (χ3n) is 7.47. The van der Waals surface area contributed by atoms with Crippen molar-refractivity contribution in [2.45, 2.75) is 26.2 Å². The van der Waals surface area contributed by atoms with Gasteiger partial charge in [0.25, 0.3) is 5.91 Å². The quantitative estimate of drug-likeness (QED) is 0.229. The lowest BCUT2D eigenvalue weighted by Crippen LogP contribution is -2.46. The molecule has 0 fully saturated rings. The highest BCUT2D eigenvalue weighted by molar-refractivity contribution is 6.07. The zero-order chi connectivity index (χ0) is 33.3. The van der Waals surface area contributed by atoms with Crippen LogP contribution in [0.5, 0.6) is 0 Å². The van der Waals surface area contributed by atoms with Crippen LogP contribution in [-0.4, -0.2) is 62.0 Å². The number of rotatable bonds is 8. The maximum atomic E-state index is 13.6. The van der Waals surface area contributed by atoms with Crippen molar-refractivity contribution in [3.05, 3.63) is 94.7 Å². The Labute approximate surface area is 265 Å². The molecule has 0 aliphatic carbocycles. The summed E-state index contributed by atoms with van der Waals surface area (Å²) in [6, 6.07) is 15.8. The monoisotopic (exact) mass is 632 g/mol. The van der Waals surface area contributed by atoms with Gasteiger partial charge in [-0.05, 0) is 74.6 Å². The number of carbonyl (C=O) groups excluding carboxylic acids is 2. The minimum absolute atomic E-state index is 0.144. The van der Waals surface area contributed by atoms with Crippen LogP contribution < -0.4 is 25.3 Å². The number of hydrogen-bond acceptors (Lipinski definition) is 7. The molecular formula is C33H35F3N8O2. The van der Waals surface area contributed by atoms with Gasteiger partial charge in [0.2, 0.25) is 5.95 Å². The minimum Gasteiger partial charge on any atom is -0.378 e. The number of urea groups is 1. The summed E-state index contributed by atoms with van der Waals surface area (Å²) in [4.78, 5) is 42.4. The van der Waals surface area contributed by atoms with E-state index in [9.17, 15) is 22.8 Å². The number of aromatic nitrogens is 2. The molecule has 1 aliphatic rings. The van der Waals surface area contributed by atoms with Crippen LogP contribution in [0.1, 0.15) is 32.6 Å². The number of aryl methyl sites for hydroxylation is 1. The topological polar surface area (TPSA) is 96.9 Å². The number of carbonyl (C=O) groups is 2. The van der Waals surface area contributed by atoms with Crippen molar-refractivity contribution in [3.63, 3.8) is 0 Å². The van der Waals surface area contributed by atoms with E-state index < -0.39 is 17.6 Å². The van der Waals surface area contributed by atoms with Gasteiger partial charge in [-0.1, -0.05) is 18.2 Å². The average molecular weight is 633 g/mol. The largest absolute Gasteiger partial charge is 0.416 e. The standard InChI is InChI=1S/C33H35F3N8O2/c1-20-10-11-26(38-30(45)22-13-24(33(34,35)36)15-27(14-22)42(4)5)16-28(20)44-19-23-17-37-31(40-29(23)43(6)32(44)46)39-25-9-7-8-21(12-25)18-41(2)3/h7-17H,18-19H2,1-6H3,(H,38,45)(H,37,39,40). The highest BCUT2D eigenvalue weighted by Gasteiger charge is 2.33. The first-order valence-corrected chi connectivity index (χ1v) is 14.4. The maximum absolute atomic E-state index is 13.6. The van der Waals surface area contributed by atoms with Crippen LogP contribution in [0.25, 0.3) is 0 Å². The lowest BCUT2D eigenvalue weighted by molar-refractivity contribution is -0.137. The predicted octanol–water partition coefficient (Wildman–Crippen LogP) is 6.50. The van der Waals surface area contributed by atoms with Crippen molar-refractivity contribution < 1.29 is 22.8 Å². The van der Waals surface area contributed by atoms with Crippen LogP contribution >= 0.6 is 0 Å². The lowest BCUT2D eigenvalue weighted by atomic mass is 10.1. The van der Waals surface area contributed by atoms with E-state index in [1.165, 1.54) is 15.9 Å². The Bertz CT molecular complexity index is 1790. The number of anilines is 6. The summed E-state index contributed by atoms with van der Waals surface area (Å²) >= 11 is 0. The number of hydrogen-bond donors (Lipinski definition) is 2. The fraction of sp³-hybridized carbons (Fsp3) is 0.273. The van der Waals surface area contributed by atoms with Crippen molar-refractivity contribution in [2.75, 3.05) is 60.6 Å². The SMILES string of the molecule is Cc1ccc(NC(=O)c2cc(N(C)C)cc(C(F)(F)F)c2)cc1N1Cc2cnc(Nc3cccc(CN(C)C)c3)nc2N(C)C1=O. The molecule has 0 radical (unpaired) electrons. The first-order chi connectivity index (χ1) is 21.7. The van der Waals surface area contributed by atoms with Gasteiger partial charge < -0.3 is 20.4 Å². The number of fused-ring (bicyclic) bond motifs is 1. The van der Waals surface area contributed by atoms with Crippen LogP contribution in [0.4, 0.5) is 52.5 Å². The summed E-state index contributed by atoms with van der Waals surface area (Å²) < 4.78 is 40.6. The van der Waals surface area contributed by atoms with E-state index in [1.807, 2.05) is 45.3 Å². The van der Waals surface area contributed by atoms with Crippen LogP contribution in [0, 0.1) is 6.92 Å². The third kappa shape index (κ3) is 7.04. The maximum Gasteiger partial charge on any atom is 0.416 e. The Morgan fingerprint density at radius 1 is 1.00 bits per heavy atom. The molecule has 1 aliphatic heterocycles. The highest BCUT2D eigenvalue weighted by Crippen LogP contribution is 2.35. The van der Waals surface area contributed by atoms with E-state index in [4.69, 9.17) is 0 Å². The fourth-order valence-corrected chi connectivity index (χ4v) is 5.14. The Kier molecular flexibility index (Phi) is 8.88. The number of benzene rings is 3. The fourth-order valence-electron chi connectivity index (χ4n) is 5.14. The Balaban J connectivity index is 1.37. The smallest absolute Gasteiger partial charge is 0.378 e. The van der Waals surface area contributed by atoms with Gasteiger partial charge in [-0.15, -0.1) is 0 Å². The van der Waals surface area contributed by atoms with Crippen LogP contribution in [0.3, 0.4) is 0 Å². The summed E-state index contributed by atoms with van der Waals surface area (Å²) in [7, 11) is 8.82. The molecule has 1 aromatic heterocycles. The van der Waals surface area contributed by atoms with Gasteiger partial charge >= 0.3 is 12.2 Å². The summed E-state index contributed by atoms with van der Waals surface area (Å²) in [5, 5.41) is 5.91. The van der Waals surface area contributed by atoms with Gasteiger partial charge in [0.15, 0.2) is 0 Å². The van der Waals surface area contributed by atoms with Crippen molar-refractivity contribution in [1.82, 2.24) is 14.9 Å². The molecule has 4 aromatic rings. The summed E-state index contributed by atoms with van der Waals surface area (Å²) in [5.41, 5.74) is 3.43. The predicted molar refractivity (Wildman–Crippen MR) is 174 cm³/mol. The molecule has 10 nitrogen and oxygen atoms in total. The van der Waals surface area contributed by atoms with Gasteiger partial charge in [-0.25, -0.2) is 9.78 Å². The van der Waals surface area contributed by atoms with Crippen molar-refractivity contribution in [1.29, 1.82) is 0 Å². The number of alkyl halides is 3. The molecule has 3 amide bonds. The molecule has 13 heteroatoms. The number of amides is 3. The van der Waals surface area contributed by atoms with Crippen molar-refractivity contribution in [3.8, 4) is 0 Å². The molecule has 0 unspecified atom stereocenters. The second-order valence-corrected chi connectivity index (χ2v) is 11.6. The lowest BCUT2D eigenvalue weighted by Gasteiger charge is -2.35. The van der Waals surface area contributed by atoms with Crippen molar-refractivity contribution in [2.24, 2.45) is 0 Å². The van der Waals surface area contributed by atoms with Crippen LogP contribution in [0.2, 0.25) is 0 Å². The Hall–Kier alpha value is -5.17. The van der Waals surface area contributed by atoms with E-state index in [0.29, 0.717) is 28.7 Å². The van der Waals surface area contributed by atoms with Gasteiger partial charge in [-0.2, -0.15) is 18.2 Å². The van der Waals surface area contributed by atoms with E-state index in [0.717, 1.165) is 35.5 Å². The zero-order valence-corrected chi connectivity index (χ0v) is 26.4. The zero-order valence-electron chi connectivity index (χ0n) is 26.4. The second-order valence-electron chi connectivity index (χ2n) is 11.6. The molecule has 0 saturated carbocycles. The summed E-state index contributed by atoms with van der Waals surface area (Å²) in [6.07, 6.45) is -2.95. The molecule has 2 N–H and O–H groups in total. The molecule has 0 atom stereocenters. The van der Waals surface area contributed by atoms with Crippen molar-refractivity contribution >= 4 is 46.5 Å². The molecule has 0 saturated heterocycles. The molecule has 3 aromatic carbocycles. The first-order valence-electron chi connectivity index (χ1n) is 14.4. The van der Waals surface area contributed by atoms with Gasteiger partial charge in [0.05, 0.1) is 17.8 Å². The molecule has 0 spiro atoms. The normalized spacial score (nSPS) is 13.1.